The number of ketones is 1. The van der Waals surface area contributed by atoms with E-state index in [2.05, 4.69) is 9.47 Å². The highest BCUT2D eigenvalue weighted by Gasteiger charge is 2.36. The summed E-state index contributed by atoms with van der Waals surface area (Å²) in [5.41, 5.74) is 0. The lowest BCUT2D eigenvalue weighted by molar-refractivity contribution is -0.165. The lowest BCUT2D eigenvalue weighted by Gasteiger charge is -2.01. The molecule has 76 valence electrons. The summed E-state index contributed by atoms with van der Waals surface area (Å²) in [7, 11) is 0. The molecule has 2 rings (SSSR count). The summed E-state index contributed by atoms with van der Waals surface area (Å²) in [4.78, 5) is 32.9. The van der Waals surface area contributed by atoms with Crippen molar-refractivity contribution in [3.8, 4) is 0 Å². The smallest absolute Gasteiger partial charge is 0.387 e. The van der Waals surface area contributed by atoms with Crippen LogP contribution < -0.4 is 0 Å². The van der Waals surface area contributed by atoms with Gasteiger partial charge in [-0.2, -0.15) is 0 Å². The molecule has 0 atom stereocenters. The molecular formula is C9H10O5. The van der Waals surface area contributed by atoms with Gasteiger partial charge in [-0.05, 0) is 25.7 Å². The van der Waals surface area contributed by atoms with Crippen LogP contribution in [0, 0.1) is 0 Å². The minimum Gasteiger partial charge on any atom is -0.456 e. The van der Waals surface area contributed by atoms with Gasteiger partial charge in [0.1, 0.15) is 12.2 Å². The van der Waals surface area contributed by atoms with Gasteiger partial charge in [-0.25, -0.2) is 9.59 Å². The first-order valence-corrected chi connectivity index (χ1v) is 4.63. The number of hydrogen-bond donors (Lipinski definition) is 0. The molecule has 0 heterocycles. The molecule has 0 spiro atoms. The monoisotopic (exact) mass is 198 g/mol. The van der Waals surface area contributed by atoms with Gasteiger partial charge in [0, 0.05) is 0 Å². The summed E-state index contributed by atoms with van der Waals surface area (Å²) in [6.07, 6.45) is 2.76. The van der Waals surface area contributed by atoms with Crippen LogP contribution in [0.2, 0.25) is 0 Å². The van der Waals surface area contributed by atoms with E-state index < -0.39 is 17.7 Å². The molecule has 0 aromatic carbocycles. The second kappa shape index (κ2) is 3.40. The van der Waals surface area contributed by atoms with Gasteiger partial charge in [0.25, 0.3) is 0 Å². The number of carbonyl (C=O) groups excluding carboxylic acids is 3. The van der Waals surface area contributed by atoms with E-state index in [1.165, 1.54) is 0 Å². The van der Waals surface area contributed by atoms with E-state index in [1.807, 2.05) is 0 Å². The molecule has 0 N–H and O–H groups in total. The average molecular weight is 198 g/mol. The van der Waals surface area contributed by atoms with Crippen molar-refractivity contribution in [2.75, 3.05) is 0 Å². The molecule has 2 saturated carbocycles. The normalized spacial score (nSPS) is 20.0. The van der Waals surface area contributed by atoms with E-state index in [-0.39, 0.29) is 12.2 Å². The Morgan fingerprint density at radius 1 is 0.786 bits per heavy atom. The van der Waals surface area contributed by atoms with Gasteiger partial charge in [-0.3, -0.25) is 4.79 Å². The van der Waals surface area contributed by atoms with E-state index in [0.717, 1.165) is 25.7 Å². The molecule has 0 amide bonds. The topological polar surface area (TPSA) is 69.7 Å². The molecule has 0 radical (unpaired) electrons. The van der Waals surface area contributed by atoms with Crippen LogP contribution in [0.5, 0.6) is 0 Å². The fraction of sp³-hybridized carbons (Fsp3) is 0.667. The number of carbonyl (C=O) groups is 3. The summed E-state index contributed by atoms with van der Waals surface area (Å²) in [6.45, 7) is 0. The van der Waals surface area contributed by atoms with E-state index in [4.69, 9.17) is 0 Å². The largest absolute Gasteiger partial charge is 0.456 e. The standard InChI is InChI=1S/C9H10O5/c10-7(8(11)13-5-1-2-5)9(12)14-6-3-4-6/h5-6H,1-4H2. The molecule has 0 saturated heterocycles. The summed E-state index contributed by atoms with van der Waals surface area (Å²) in [5, 5.41) is 0. The van der Waals surface area contributed by atoms with Crippen LogP contribution in [-0.4, -0.2) is 29.9 Å². The van der Waals surface area contributed by atoms with Crippen molar-refractivity contribution < 1.29 is 23.9 Å². The number of hydrogen-bond acceptors (Lipinski definition) is 5. The Kier molecular flexibility index (Phi) is 2.23. The van der Waals surface area contributed by atoms with Gasteiger partial charge in [0.05, 0.1) is 0 Å². The maximum Gasteiger partial charge on any atom is 0.387 e. The van der Waals surface area contributed by atoms with Crippen molar-refractivity contribution in [2.45, 2.75) is 37.9 Å². The Morgan fingerprint density at radius 2 is 1.14 bits per heavy atom. The Labute approximate surface area is 80.4 Å². The lowest BCUT2D eigenvalue weighted by atomic mass is 10.4. The first-order valence-electron chi connectivity index (χ1n) is 4.63. The second-order valence-electron chi connectivity index (χ2n) is 3.54. The molecule has 5 heteroatoms. The molecule has 2 aliphatic rings. The molecule has 0 aromatic rings. The number of esters is 2. The van der Waals surface area contributed by atoms with Crippen LogP contribution >= 0.6 is 0 Å². The highest BCUT2D eigenvalue weighted by atomic mass is 16.6. The van der Waals surface area contributed by atoms with Crippen molar-refractivity contribution in [3.63, 3.8) is 0 Å². The lowest BCUT2D eigenvalue weighted by Crippen LogP contribution is -2.28. The van der Waals surface area contributed by atoms with E-state index >= 15 is 0 Å². The molecule has 5 nitrogen and oxygen atoms in total. The third-order valence-electron chi connectivity index (χ3n) is 1.97. The summed E-state index contributed by atoms with van der Waals surface area (Å²) >= 11 is 0. The van der Waals surface area contributed by atoms with Crippen molar-refractivity contribution in [1.29, 1.82) is 0 Å². The second-order valence-corrected chi connectivity index (χ2v) is 3.54. The van der Waals surface area contributed by atoms with Gasteiger partial charge >= 0.3 is 17.7 Å². The SMILES string of the molecule is O=C(OC1CC1)C(=O)C(=O)OC1CC1. The predicted octanol–water partition coefficient (Wildman–Crippen LogP) is -0.0333. The first kappa shape index (κ1) is 9.18. The fourth-order valence-electron chi connectivity index (χ4n) is 0.865. The first-order chi connectivity index (χ1) is 6.66. The van der Waals surface area contributed by atoms with E-state index in [0.29, 0.717) is 0 Å². The Morgan fingerprint density at radius 3 is 1.43 bits per heavy atom. The molecule has 2 fully saturated rings. The Balaban J connectivity index is 1.78. The maximum atomic E-state index is 11.0. The van der Waals surface area contributed by atoms with Crippen molar-refractivity contribution >= 4 is 17.7 Å². The van der Waals surface area contributed by atoms with Gasteiger partial charge in [-0.15, -0.1) is 0 Å². The van der Waals surface area contributed by atoms with Crippen LogP contribution in [0.3, 0.4) is 0 Å². The van der Waals surface area contributed by atoms with Crippen molar-refractivity contribution in [3.05, 3.63) is 0 Å². The Bertz CT molecular complexity index is 260. The van der Waals surface area contributed by atoms with Crippen molar-refractivity contribution in [1.82, 2.24) is 0 Å². The van der Waals surface area contributed by atoms with Gasteiger partial charge in [0.2, 0.25) is 0 Å². The molecular weight excluding hydrogens is 188 g/mol. The zero-order chi connectivity index (χ0) is 10.1. The van der Waals surface area contributed by atoms with Crippen LogP contribution in [0.15, 0.2) is 0 Å². The zero-order valence-electron chi connectivity index (χ0n) is 7.52. The number of Topliss-reactive ketones (excluding diaryl/α,β-unsaturated/α-hetero) is 1. The third kappa shape index (κ3) is 2.31. The van der Waals surface area contributed by atoms with Gasteiger partial charge < -0.3 is 9.47 Å². The molecule has 0 aliphatic heterocycles. The van der Waals surface area contributed by atoms with Crippen LogP contribution in [-0.2, 0) is 23.9 Å². The quantitative estimate of drug-likeness (QED) is 0.360. The van der Waals surface area contributed by atoms with Gasteiger partial charge in [0.15, 0.2) is 0 Å². The molecule has 0 bridgehead atoms. The van der Waals surface area contributed by atoms with Crippen LogP contribution in [0.4, 0.5) is 0 Å². The van der Waals surface area contributed by atoms with Crippen molar-refractivity contribution in [2.24, 2.45) is 0 Å². The average Bonchev–Trinajstić information content (AvgIpc) is 2.97. The third-order valence-corrected chi connectivity index (χ3v) is 1.97. The van der Waals surface area contributed by atoms with Crippen LogP contribution in [0.1, 0.15) is 25.7 Å². The summed E-state index contributed by atoms with van der Waals surface area (Å²) in [6, 6.07) is 0. The minimum atomic E-state index is -1.19. The molecule has 0 aromatic heterocycles. The van der Waals surface area contributed by atoms with Gasteiger partial charge in [-0.1, -0.05) is 0 Å². The highest BCUT2D eigenvalue weighted by molar-refractivity contribution is 6.60. The zero-order valence-corrected chi connectivity index (χ0v) is 7.52. The van der Waals surface area contributed by atoms with Crippen LogP contribution in [0.25, 0.3) is 0 Å². The predicted molar refractivity (Wildman–Crippen MR) is 43.2 cm³/mol. The maximum absolute atomic E-state index is 11.0. The summed E-state index contributed by atoms with van der Waals surface area (Å²) < 4.78 is 9.31. The Hall–Kier alpha value is -1.39. The highest BCUT2D eigenvalue weighted by Crippen LogP contribution is 2.25. The van der Waals surface area contributed by atoms with E-state index in [1.54, 1.807) is 0 Å². The van der Waals surface area contributed by atoms with E-state index in [9.17, 15) is 14.4 Å². The minimum absolute atomic E-state index is 0.167. The number of rotatable bonds is 4. The molecule has 0 unspecified atom stereocenters. The number of ether oxygens (including phenoxy) is 2. The fourth-order valence-corrected chi connectivity index (χ4v) is 0.865. The summed E-state index contributed by atoms with van der Waals surface area (Å²) in [5.74, 6) is -3.36. The molecule has 14 heavy (non-hydrogen) atoms. The molecule has 2 aliphatic carbocycles.